The minimum atomic E-state index is -2.06. The van der Waals surface area contributed by atoms with Crippen LogP contribution in [0.15, 0.2) is 0 Å². The van der Waals surface area contributed by atoms with Crippen LogP contribution in [0.1, 0.15) is 0 Å². The quantitative estimate of drug-likeness (QED) is 0.0249. The molecular weight excluding hydrogens is 1210 g/mol. The number of hydrogen-bond acceptors (Lipinski definition) is 71. The van der Waals surface area contributed by atoms with Crippen LogP contribution in [-0.2, 0) is 357 Å². The highest BCUT2D eigenvalue weighted by Crippen LogP contribution is 2.04. The van der Waals surface area contributed by atoms with Gasteiger partial charge in [-0.15, -0.1) is 0 Å². The van der Waals surface area contributed by atoms with Crippen LogP contribution in [0.2, 0.25) is 19.6 Å². The molecule has 0 bridgehead atoms. The molecule has 458 valence electrons. The summed E-state index contributed by atoms with van der Waals surface area (Å²) in [5.41, 5.74) is 0. The van der Waals surface area contributed by atoms with Gasteiger partial charge >= 0.3 is 0 Å². The summed E-state index contributed by atoms with van der Waals surface area (Å²) in [5.74, 6) is 0. The fraction of sp³-hybridized carbons (Fsp3) is 1.00. The molecule has 0 aliphatic rings. The molecule has 0 aliphatic carbocycles. The third-order valence-corrected chi connectivity index (χ3v) is 2.81. The Balaban J connectivity index is 3.08. The van der Waals surface area contributed by atoms with E-state index in [1.165, 1.54) is 0 Å². The van der Waals surface area contributed by atoms with Gasteiger partial charge < -0.3 is 0 Å². The largest absolute Gasteiger partial charge is 0.255 e. The summed E-state index contributed by atoms with van der Waals surface area (Å²) >= 11 is 0. The molecular formula is C4H12O71Si. The van der Waals surface area contributed by atoms with Gasteiger partial charge in [0.05, 0.1) is 7.11 Å². The normalized spacial score (nSPS) is 12.0. The first-order valence-electron chi connectivity index (χ1n) is 13.8. The molecule has 0 atom stereocenters. The Morgan fingerprint density at radius 1 is 0.118 bits per heavy atom. The van der Waals surface area contributed by atoms with Crippen LogP contribution < -0.4 is 0 Å². The van der Waals surface area contributed by atoms with Crippen molar-refractivity contribution in [3.05, 3.63) is 0 Å². The van der Waals surface area contributed by atoms with E-state index in [9.17, 15) is 0 Å². The third-order valence-electron chi connectivity index (χ3n) is 2.24. The van der Waals surface area contributed by atoms with E-state index in [1.54, 1.807) is 19.6 Å². The molecule has 0 saturated heterocycles. The molecule has 0 unspecified atom stereocenters. The van der Waals surface area contributed by atoms with Gasteiger partial charge in [-0.2, -0.15) is 0 Å². The lowest BCUT2D eigenvalue weighted by molar-refractivity contribution is -0.912. The van der Waals surface area contributed by atoms with Gasteiger partial charge in [-0.05, 0) is 100 Å². The van der Waals surface area contributed by atoms with Crippen LogP contribution in [0.3, 0.4) is 0 Å². The molecule has 0 fully saturated rings. The van der Waals surface area contributed by atoms with Crippen molar-refractivity contribution in [2.45, 2.75) is 19.6 Å². The molecule has 0 amide bonds. The maximum absolute atomic E-state index is 4.70. The molecule has 0 N–H and O–H groups in total. The van der Waals surface area contributed by atoms with Crippen LogP contribution in [0.4, 0.5) is 0 Å². The molecule has 0 aliphatic heterocycles. The molecule has 0 spiro atoms. The van der Waals surface area contributed by atoms with Crippen molar-refractivity contribution in [3.8, 4) is 0 Å². The smallest absolute Gasteiger partial charge is 0.234 e. The average molecular weight is 1220 g/mol. The Bertz CT molecular complexity index is 986. The monoisotopic (exact) mass is 1220 g/mol. The minimum Gasteiger partial charge on any atom is -0.255 e. The minimum absolute atomic E-state index is 1.05. The molecule has 72 heteroatoms. The summed E-state index contributed by atoms with van der Waals surface area (Å²) in [6.07, 6.45) is 0. The van der Waals surface area contributed by atoms with Gasteiger partial charge in [0, 0.05) is 267 Å². The highest BCUT2D eigenvalue weighted by molar-refractivity contribution is 6.69. The Labute approximate surface area is 393 Å². The molecule has 0 aromatic rings. The number of rotatable bonds is 71. The zero-order valence-corrected chi connectivity index (χ0v) is 34.5. The molecule has 0 saturated carbocycles. The highest BCUT2D eigenvalue weighted by atomic mass is 28.4. The molecule has 0 radical (unpaired) electrons. The van der Waals surface area contributed by atoms with E-state index in [4.69, 9.17) is 4.58 Å². The predicted octanol–water partition coefficient (Wildman–Crippen LogP) is -3.32. The Morgan fingerprint density at radius 3 is 0.276 bits per heavy atom. The topological polar surface area (TPSA) is 655 Å². The van der Waals surface area contributed by atoms with Crippen molar-refractivity contribution in [1.29, 1.82) is 0 Å². The second-order valence-corrected chi connectivity index (χ2v) is 11.4. The third kappa shape index (κ3) is 71.4. The van der Waals surface area contributed by atoms with Crippen LogP contribution in [0.25, 0.3) is 0 Å². The highest BCUT2D eigenvalue weighted by Gasteiger charge is 2.17. The van der Waals surface area contributed by atoms with Crippen molar-refractivity contribution in [2.75, 3.05) is 7.11 Å². The van der Waals surface area contributed by atoms with Gasteiger partial charge in [-0.25, -0.2) is 4.89 Å². The molecule has 71 nitrogen and oxygen atoms in total. The molecule has 0 aromatic carbocycles. The van der Waals surface area contributed by atoms with Crippen LogP contribution in [0.5, 0.6) is 0 Å². The van der Waals surface area contributed by atoms with E-state index in [0.29, 0.717) is 0 Å². The van der Waals surface area contributed by atoms with Gasteiger partial charge in [0.25, 0.3) is 0 Å². The zero-order chi connectivity index (χ0) is 54.7. The summed E-state index contributed by atoms with van der Waals surface area (Å²) in [7, 11) is -1.00. The fourth-order valence-electron chi connectivity index (χ4n) is 0.904. The maximum atomic E-state index is 4.70. The van der Waals surface area contributed by atoms with E-state index >= 15 is 0 Å². The van der Waals surface area contributed by atoms with Crippen molar-refractivity contribution < 1.29 is 357 Å². The first-order chi connectivity index (χ1) is 37.6. The van der Waals surface area contributed by atoms with Gasteiger partial charge in [-0.1, -0.05) is 0 Å². The Hall–Kier alpha value is -2.62. The maximum Gasteiger partial charge on any atom is 0.234 e. The van der Waals surface area contributed by atoms with Gasteiger partial charge in [0.2, 0.25) is 8.32 Å². The standard InChI is InChI=1S/C4H12O71Si/c1-5-6-7-8-9-10-11-12-13-14-15-16-17-18-19-20-21-22-23-24-25-26-27-28-29-30-31-32-33-34-35-36-37-38-39-40-41-42-43-44-45-46-47-48-49-50-51-52-53-54-55-56-57-58-59-60-61-62-63-64-65-66-67-68-69-70-71-72-73-74-75-76(2,3)4/h1-4H3. The summed E-state index contributed by atoms with van der Waals surface area (Å²) in [4.78, 5) is 3.88. The van der Waals surface area contributed by atoms with Crippen LogP contribution in [0, 0.1) is 0 Å². The first-order valence-corrected chi connectivity index (χ1v) is 17.2. The lowest BCUT2D eigenvalue weighted by atomic mass is 11.8. The second kappa shape index (κ2) is 66.7. The molecule has 0 aromatic heterocycles. The average Bonchev–Trinajstić information content (AvgIpc) is 3.41. The van der Waals surface area contributed by atoms with E-state index in [1.807, 2.05) is 0 Å². The van der Waals surface area contributed by atoms with E-state index in [2.05, 4.69) is 353 Å². The molecule has 0 rings (SSSR count). The van der Waals surface area contributed by atoms with E-state index in [-0.39, 0.29) is 0 Å². The van der Waals surface area contributed by atoms with Crippen molar-refractivity contribution >= 4 is 8.32 Å². The van der Waals surface area contributed by atoms with Gasteiger partial charge in [0.1, 0.15) is 0 Å². The van der Waals surface area contributed by atoms with Crippen molar-refractivity contribution in [3.63, 3.8) is 0 Å². The lowest BCUT2D eigenvalue weighted by Gasteiger charge is -2.11. The predicted molar refractivity (Wildman–Crippen MR) is 106 cm³/mol. The van der Waals surface area contributed by atoms with Gasteiger partial charge in [-0.3, -0.25) is 4.58 Å². The molecule has 76 heavy (non-hydrogen) atoms. The SMILES string of the molecule is COOOOOOOOOOOOOOOOOOOOOOOOOOOOOOOOOOOOOOOOOOOOOOOOOOOOOOOOOOOOOOOOOOOOOOO[Si](C)(C)C. The summed E-state index contributed by atoms with van der Waals surface area (Å²) < 4.78 is 4.70. The van der Waals surface area contributed by atoms with Crippen molar-refractivity contribution in [1.82, 2.24) is 0 Å². The first kappa shape index (κ1) is 73.4. The summed E-state index contributed by atoms with van der Waals surface area (Å²) in [6.45, 7) is 5.26. The molecule has 0 heterocycles. The summed E-state index contributed by atoms with van der Waals surface area (Å²) in [5, 5.41) is 244. The summed E-state index contributed by atoms with van der Waals surface area (Å²) in [6, 6.07) is 0. The van der Waals surface area contributed by atoms with Crippen LogP contribution >= 0.6 is 0 Å². The Kier molecular flexibility index (Phi) is 64.4. The van der Waals surface area contributed by atoms with Crippen LogP contribution in [-0.4, -0.2) is 15.4 Å². The van der Waals surface area contributed by atoms with E-state index < -0.39 is 8.32 Å². The lowest BCUT2D eigenvalue weighted by Crippen LogP contribution is -2.25. The van der Waals surface area contributed by atoms with E-state index in [0.717, 1.165) is 7.11 Å². The Morgan fingerprint density at radius 2 is 0.197 bits per heavy atom. The fourth-order valence-corrected chi connectivity index (χ4v) is 1.14. The van der Waals surface area contributed by atoms with Crippen molar-refractivity contribution in [2.24, 2.45) is 0 Å². The zero-order valence-electron chi connectivity index (χ0n) is 33.5. The number of hydrogen-bond donors (Lipinski definition) is 0. The van der Waals surface area contributed by atoms with Gasteiger partial charge in [0.15, 0.2) is 0 Å². The second-order valence-electron chi connectivity index (χ2n) is 7.06.